The smallest absolute Gasteiger partial charge is 0.129 e. The molecular formula is C9H18NO. The highest BCUT2D eigenvalue weighted by Crippen LogP contribution is 2.06. The van der Waals surface area contributed by atoms with E-state index in [0.29, 0.717) is 0 Å². The Bertz CT molecular complexity index is 113. The van der Waals surface area contributed by atoms with Gasteiger partial charge in [-0.05, 0) is 33.6 Å². The van der Waals surface area contributed by atoms with E-state index in [2.05, 4.69) is 18.3 Å². The van der Waals surface area contributed by atoms with Gasteiger partial charge < -0.3 is 4.84 Å². The summed E-state index contributed by atoms with van der Waals surface area (Å²) >= 11 is 0. The van der Waals surface area contributed by atoms with Crippen molar-refractivity contribution >= 4 is 6.21 Å². The third-order valence-electron chi connectivity index (χ3n) is 1.03. The summed E-state index contributed by atoms with van der Waals surface area (Å²) in [6.07, 6.45) is 6.06. The first kappa shape index (κ1) is 10.5. The van der Waals surface area contributed by atoms with Crippen molar-refractivity contribution < 1.29 is 4.84 Å². The van der Waals surface area contributed by atoms with Gasteiger partial charge >= 0.3 is 0 Å². The molecule has 0 aromatic heterocycles. The zero-order valence-corrected chi connectivity index (χ0v) is 7.98. The molecule has 2 nitrogen and oxygen atoms in total. The molecule has 0 atom stereocenters. The van der Waals surface area contributed by atoms with Crippen LogP contribution in [0.1, 0.15) is 47.0 Å². The molecule has 0 rings (SSSR count). The lowest BCUT2D eigenvalue weighted by Crippen LogP contribution is -2.15. The molecule has 0 aliphatic carbocycles. The second-order valence-electron chi connectivity index (χ2n) is 3.56. The second kappa shape index (κ2) is 5.16. The summed E-state index contributed by atoms with van der Waals surface area (Å²) in [5.41, 5.74) is -0.181. The van der Waals surface area contributed by atoms with Crippen molar-refractivity contribution in [3.05, 3.63) is 0 Å². The molecule has 0 fully saturated rings. The van der Waals surface area contributed by atoms with Crippen molar-refractivity contribution in [2.45, 2.75) is 52.6 Å². The first-order chi connectivity index (χ1) is 5.06. The quantitative estimate of drug-likeness (QED) is 0.348. The molecule has 0 saturated carbocycles. The molecule has 2 heteroatoms. The van der Waals surface area contributed by atoms with Crippen LogP contribution in [0.4, 0.5) is 0 Å². The van der Waals surface area contributed by atoms with Gasteiger partial charge in [-0.2, -0.15) is 0 Å². The number of unbranched alkanes of at least 4 members (excludes halogenated alkanes) is 2. The van der Waals surface area contributed by atoms with Gasteiger partial charge in [-0.1, -0.05) is 18.5 Å². The minimum absolute atomic E-state index is 0.181. The van der Waals surface area contributed by atoms with Crippen LogP contribution in [0.3, 0.4) is 0 Å². The van der Waals surface area contributed by atoms with E-state index in [1.807, 2.05) is 20.8 Å². The average molecular weight is 156 g/mol. The van der Waals surface area contributed by atoms with E-state index >= 15 is 0 Å². The van der Waals surface area contributed by atoms with E-state index in [1.165, 1.54) is 6.42 Å². The Morgan fingerprint density at radius 3 is 2.45 bits per heavy atom. The van der Waals surface area contributed by atoms with Crippen LogP contribution >= 0.6 is 0 Å². The topological polar surface area (TPSA) is 21.6 Å². The third kappa shape index (κ3) is 9.47. The Morgan fingerprint density at radius 2 is 2.00 bits per heavy atom. The molecule has 0 aromatic rings. The molecule has 0 bridgehead atoms. The van der Waals surface area contributed by atoms with Gasteiger partial charge in [-0.3, -0.25) is 0 Å². The summed E-state index contributed by atoms with van der Waals surface area (Å²) in [6, 6.07) is 0. The third-order valence-corrected chi connectivity index (χ3v) is 1.03. The van der Waals surface area contributed by atoms with Gasteiger partial charge in [0, 0.05) is 0 Å². The molecule has 0 spiro atoms. The van der Waals surface area contributed by atoms with Crippen LogP contribution in [0.5, 0.6) is 0 Å². The molecule has 0 heterocycles. The highest BCUT2D eigenvalue weighted by molar-refractivity contribution is 5.56. The normalized spacial score (nSPS) is 12.4. The molecule has 11 heavy (non-hydrogen) atoms. The van der Waals surface area contributed by atoms with Gasteiger partial charge in [0.15, 0.2) is 0 Å². The molecule has 0 amide bonds. The highest BCUT2D eigenvalue weighted by Gasteiger charge is 2.08. The van der Waals surface area contributed by atoms with E-state index in [-0.39, 0.29) is 5.60 Å². The summed E-state index contributed by atoms with van der Waals surface area (Å²) in [5.74, 6) is 0. The maximum atomic E-state index is 5.09. The van der Waals surface area contributed by atoms with E-state index in [0.717, 1.165) is 12.8 Å². The van der Waals surface area contributed by atoms with Crippen LogP contribution in [0.25, 0.3) is 0 Å². The fourth-order valence-electron chi connectivity index (χ4n) is 0.471. The van der Waals surface area contributed by atoms with Crippen molar-refractivity contribution in [2.75, 3.05) is 0 Å². The largest absolute Gasteiger partial charge is 0.390 e. The first-order valence-corrected chi connectivity index (χ1v) is 4.17. The van der Waals surface area contributed by atoms with Crippen molar-refractivity contribution in [1.82, 2.24) is 0 Å². The Morgan fingerprint density at radius 1 is 1.36 bits per heavy atom. The van der Waals surface area contributed by atoms with E-state index in [4.69, 9.17) is 4.84 Å². The molecular weight excluding hydrogens is 138 g/mol. The fraction of sp³-hybridized carbons (Fsp3) is 0.889. The van der Waals surface area contributed by atoms with E-state index in [1.54, 1.807) is 0 Å². The lowest BCUT2D eigenvalue weighted by atomic mass is 10.2. The van der Waals surface area contributed by atoms with Crippen LogP contribution in [0.15, 0.2) is 5.16 Å². The Kier molecular flexibility index (Phi) is 4.92. The van der Waals surface area contributed by atoms with Gasteiger partial charge in [0.25, 0.3) is 0 Å². The van der Waals surface area contributed by atoms with Crippen LogP contribution in [-0.4, -0.2) is 11.8 Å². The monoisotopic (exact) mass is 156 g/mol. The SMILES string of the molecule is CCCC/[C]=N\OC(C)(C)C. The lowest BCUT2D eigenvalue weighted by Gasteiger charge is -2.14. The molecule has 0 saturated heterocycles. The van der Waals surface area contributed by atoms with E-state index < -0.39 is 0 Å². The molecule has 1 radical (unpaired) electrons. The fourth-order valence-corrected chi connectivity index (χ4v) is 0.471. The standard InChI is InChI=1S/C9H18NO/c1-5-6-7-8-10-11-9(2,3)4/h5-7H2,1-4H3. The van der Waals surface area contributed by atoms with Crippen LogP contribution in [0, 0.1) is 0 Å². The predicted octanol–water partition coefficient (Wildman–Crippen LogP) is 2.85. The summed E-state index contributed by atoms with van der Waals surface area (Å²) < 4.78 is 0. The van der Waals surface area contributed by atoms with Crippen molar-refractivity contribution in [1.29, 1.82) is 0 Å². The molecule has 0 N–H and O–H groups in total. The molecule has 0 aliphatic heterocycles. The molecule has 0 aromatic carbocycles. The minimum Gasteiger partial charge on any atom is -0.390 e. The highest BCUT2D eigenvalue weighted by atomic mass is 16.6. The van der Waals surface area contributed by atoms with Crippen molar-refractivity contribution in [2.24, 2.45) is 5.16 Å². The summed E-state index contributed by atoms with van der Waals surface area (Å²) in [6.45, 7) is 8.06. The zero-order valence-electron chi connectivity index (χ0n) is 7.98. The zero-order chi connectivity index (χ0) is 8.74. The molecule has 0 aliphatic rings. The predicted molar refractivity (Wildman–Crippen MR) is 47.8 cm³/mol. The van der Waals surface area contributed by atoms with Crippen molar-refractivity contribution in [3.63, 3.8) is 0 Å². The number of hydrogen-bond donors (Lipinski definition) is 0. The van der Waals surface area contributed by atoms with Crippen LogP contribution in [0.2, 0.25) is 0 Å². The van der Waals surface area contributed by atoms with E-state index in [9.17, 15) is 0 Å². The van der Waals surface area contributed by atoms with Gasteiger partial charge in [0.1, 0.15) is 11.8 Å². The average Bonchev–Trinajstić information content (AvgIpc) is 1.85. The Labute approximate surface area is 69.6 Å². The number of rotatable bonds is 4. The van der Waals surface area contributed by atoms with Crippen LogP contribution in [-0.2, 0) is 4.84 Å². The summed E-state index contributed by atoms with van der Waals surface area (Å²) in [5, 5.41) is 3.73. The van der Waals surface area contributed by atoms with Gasteiger partial charge in [-0.15, -0.1) is 0 Å². The molecule has 0 unspecified atom stereocenters. The van der Waals surface area contributed by atoms with Crippen molar-refractivity contribution in [3.8, 4) is 0 Å². The van der Waals surface area contributed by atoms with Gasteiger partial charge in [0.05, 0.1) is 0 Å². The number of hydrogen-bond acceptors (Lipinski definition) is 2. The van der Waals surface area contributed by atoms with Crippen LogP contribution < -0.4 is 0 Å². The number of nitrogens with zero attached hydrogens (tertiary/aromatic N) is 1. The maximum absolute atomic E-state index is 5.09. The summed E-state index contributed by atoms with van der Waals surface area (Å²) in [7, 11) is 0. The van der Waals surface area contributed by atoms with Gasteiger partial charge in [-0.25, -0.2) is 0 Å². The lowest BCUT2D eigenvalue weighted by molar-refractivity contribution is 0.00157. The molecule has 65 valence electrons. The first-order valence-electron chi connectivity index (χ1n) is 4.17. The second-order valence-corrected chi connectivity index (χ2v) is 3.56. The summed E-state index contributed by atoms with van der Waals surface area (Å²) in [4.78, 5) is 5.09. The Hall–Kier alpha value is -0.530. The maximum Gasteiger partial charge on any atom is 0.129 e. The van der Waals surface area contributed by atoms with Gasteiger partial charge in [0.2, 0.25) is 0 Å². The Balaban J connectivity index is 3.30. The minimum atomic E-state index is -0.181.